The molecule has 0 spiro atoms. The lowest BCUT2D eigenvalue weighted by molar-refractivity contribution is 0.177. The fraction of sp³-hybridized carbons (Fsp3) is 1.00. The maximum atomic E-state index is 3.44. The molecule has 2 heteroatoms. The topological polar surface area (TPSA) is 15.3 Å². The zero-order chi connectivity index (χ0) is 12.9. The van der Waals surface area contributed by atoms with Crippen molar-refractivity contribution in [1.82, 2.24) is 10.2 Å². The number of nitrogens with one attached hydrogen (secondary N) is 1. The van der Waals surface area contributed by atoms with Crippen molar-refractivity contribution in [3.8, 4) is 0 Å². The predicted octanol–water partition coefficient (Wildman–Crippen LogP) is 4.01. The van der Waals surface area contributed by atoms with Crippen molar-refractivity contribution >= 4 is 0 Å². The van der Waals surface area contributed by atoms with E-state index in [1.807, 2.05) is 0 Å². The van der Waals surface area contributed by atoms with Crippen molar-refractivity contribution in [3.05, 3.63) is 0 Å². The molecule has 0 rings (SSSR count). The Morgan fingerprint density at radius 3 is 1.82 bits per heavy atom. The van der Waals surface area contributed by atoms with E-state index in [9.17, 15) is 0 Å². The van der Waals surface area contributed by atoms with E-state index in [2.05, 4.69) is 38.0 Å². The first-order valence-corrected chi connectivity index (χ1v) is 7.71. The summed E-state index contributed by atoms with van der Waals surface area (Å²) in [5.41, 5.74) is 0. The van der Waals surface area contributed by atoms with Crippen LogP contribution in [0, 0.1) is 0 Å². The molecule has 2 nitrogen and oxygen atoms in total. The van der Waals surface area contributed by atoms with Crippen LogP contribution in [-0.2, 0) is 0 Å². The van der Waals surface area contributed by atoms with Gasteiger partial charge in [0.15, 0.2) is 0 Å². The Kier molecular flexibility index (Phi) is 12.3. The molecule has 0 aliphatic carbocycles. The molecule has 0 radical (unpaired) electrons. The van der Waals surface area contributed by atoms with Gasteiger partial charge in [-0.25, -0.2) is 0 Å². The lowest BCUT2D eigenvalue weighted by Crippen LogP contribution is -2.43. The Morgan fingerprint density at radius 1 is 0.824 bits per heavy atom. The maximum Gasteiger partial charge on any atom is 0.0594 e. The third-order valence-corrected chi connectivity index (χ3v) is 3.67. The Hall–Kier alpha value is -0.0800. The van der Waals surface area contributed by atoms with E-state index in [0.717, 1.165) is 13.1 Å². The third-order valence-electron chi connectivity index (χ3n) is 3.67. The summed E-state index contributed by atoms with van der Waals surface area (Å²) < 4.78 is 0. The summed E-state index contributed by atoms with van der Waals surface area (Å²) in [4.78, 5) is 2.51. The highest BCUT2D eigenvalue weighted by Crippen LogP contribution is 2.11. The molecule has 0 fully saturated rings. The van der Waals surface area contributed by atoms with Gasteiger partial charge in [-0.1, -0.05) is 65.7 Å². The fourth-order valence-corrected chi connectivity index (χ4v) is 2.47. The van der Waals surface area contributed by atoms with Gasteiger partial charge in [-0.05, 0) is 26.6 Å². The van der Waals surface area contributed by atoms with Crippen molar-refractivity contribution in [2.45, 2.75) is 78.3 Å². The molecule has 17 heavy (non-hydrogen) atoms. The number of unbranched alkanes of at least 4 members (excludes halogenated alkanes) is 6. The SMILES string of the molecule is CCCCCCCCCC(NC)N(CC)CC. The molecule has 0 amide bonds. The van der Waals surface area contributed by atoms with Crippen LogP contribution in [-0.4, -0.2) is 31.2 Å². The van der Waals surface area contributed by atoms with Crippen molar-refractivity contribution < 1.29 is 0 Å². The monoisotopic (exact) mass is 242 g/mol. The molecule has 0 aliphatic heterocycles. The highest BCUT2D eigenvalue weighted by molar-refractivity contribution is 4.65. The van der Waals surface area contributed by atoms with E-state index in [0.29, 0.717) is 6.17 Å². The second kappa shape index (κ2) is 12.4. The molecule has 104 valence electrons. The predicted molar refractivity (Wildman–Crippen MR) is 78.4 cm³/mol. The molecular formula is C15H34N2. The molecular weight excluding hydrogens is 208 g/mol. The van der Waals surface area contributed by atoms with Crippen LogP contribution in [0.3, 0.4) is 0 Å². The zero-order valence-corrected chi connectivity index (χ0v) is 12.6. The largest absolute Gasteiger partial charge is 0.305 e. The van der Waals surface area contributed by atoms with E-state index in [1.165, 1.54) is 51.4 Å². The van der Waals surface area contributed by atoms with Crippen molar-refractivity contribution in [2.24, 2.45) is 0 Å². The average molecular weight is 242 g/mol. The van der Waals surface area contributed by atoms with Gasteiger partial charge in [-0.3, -0.25) is 4.90 Å². The quantitative estimate of drug-likeness (QED) is 0.411. The average Bonchev–Trinajstić information content (AvgIpc) is 2.36. The summed E-state index contributed by atoms with van der Waals surface area (Å²) in [5, 5.41) is 3.44. The molecule has 0 aromatic heterocycles. The minimum absolute atomic E-state index is 0.584. The summed E-state index contributed by atoms with van der Waals surface area (Å²) in [6.07, 6.45) is 11.7. The first kappa shape index (κ1) is 16.9. The van der Waals surface area contributed by atoms with Crippen LogP contribution < -0.4 is 5.32 Å². The Balaban J connectivity index is 3.49. The van der Waals surface area contributed by atoms with Crippen molar-refractivity contribution in [3.63, 3.8) is 0 Å². The van der Waals surface area contributed by atoms with Crippen LogP contribution in [0.2, 0.25) is 0 Å². The standard InChI is InChI=1S/C15H34N2/c1-5-8-9-10-11-12-13-14-15(16-4)17(6-2)7-3/h15-16H,5-14H2,1-4H3. The molecule has 0 aliphatic rings. The van der Waals surface area contributed by atoms with E-state index in [1.54, 1.807) is 0 Å². The van der Waals surface area contributed by atoms with Gasteiger partial charge >= 0.3 is 0 Å². The zero-order valence-electron chi connectivity index (χ0n) is 12.6. The van der Waals surface area contributed by atoms with Gasteiger partial charge in [0.25, 0.3) is 0 Å². The Labute approximate surface area is 109 Å². The lowest BCUT2D eigenvalue weighted by atomic mass is 10.1. The summed E-state index contributed by atoms with van der Waals surface area (Å²) in [7, 11) is 2.09. The van der Waals surface area contributed by atoms with Gasteiger partial charge in [0.05, 0.1) is 6.17 Å². The molecule has 1 atom stereocenters. The lowest BCUT2D eigenvalue weighted by Gasteiger charge is -2.29. The molecule has 0 aromatic rings. The summed E-state index contributed by atoms with van der Waals surface area (Å²) >= 11 is 0. The molecule has 0 heterocycles. The van der Waals surface area contributed by atoms with Crippen LogP contribution >= 0.6 is 0 Å². The van der Waals surface area contributed by atoms with Crippen LogP contribution in [0.4, 0.5) is 0 Å². The normalized spacial score (nSPS) is 13.2. The van der Waals surface area contributed by atoms with Gasteiger partial charge in [-0.15, -0.1) is 0 Å². The Bertz CT molecular complexity index is 144. The fourth-order valence-electron chi connectivity index (χ4n) is 2.47. The summed E-state index contributed by atoms with van der Waals surface area (Å²) in [5.74, 6) is 0. The second-order valence-electron chi connectivity index (χ2n) is 4.94. The number of hydrogen-bond acceptors (Lipinski definition) is 2. The molecule has 0 bridgehead atoms. The van der Waals surface area contributed by atoms with Crippen LogP contribution in [0.1, 0.15) is 72.1 Å². The van der Waals surface area contributed by atoms with Gasteiger partial charge in [0.1, 0.15) is 0 Å². The van der Waals surface area contributed by atoms with Crippen LogP contribution in [0.15, 0.2) is 0 Å². The smallest absolute Gasteiger partial charge is 0.0594 e. The van der Waals surface area contributed by atoms with Gasteiger partial charge < -0.3 is 5.32 Å². The molecule has 0 saturated carbocycles. The molecule has 0 saturated heterocycles. The molecule has 1 N–H and O–H groups in total. The maximum absolute atomic E-state index is 3.44. The summed E-state index contributed by atoms with van der Waals surface area (Å²) in [6.45, 7) is 9.08. The van der Waals surface area contributed by atoms with Crippen LogP contribution in [0.25, 0.3) is 0 Å². The number of hydrogen-bond donors (Lipinski definition) is 1. The summed E-state index contributed by atoms with van der Waals surface area (Å²) in [6, 6.07) is 0. The van der Waals surface area contributed by atoms with E-state index in [4.69, 9.17) is 0 Å². The minimum Gasteiger partial charge on any atom is -0.305 e. The van der Waals surface area contributed by atoms with Gasteiger partial charge in [0.2, 0.25) is 0 Å². The van der Waals surface area contributed by atoms with Crippen molar-refractivity contribution in [2.75, 3.05) is 20.1 Å². The second-order valence-corrected chi connectivity index (χ2v) is 4.94. The highest BCUT2D eigenvalue weighted by Gasteiger charge is 2.11. The van der Waals surface area contributed by atoms with Gasteiger partial charge in [-0.2, -0.15) is 0 Å². The van der Waals surface area contributed by atoms with E-state index in [-0.39, 0.29) is 0 Å². The highest BCUT2D eigenvalue weighted by atomic mass is 15.2. The number of nitrogens with zero attached hydrogens (tertiary/aromatic N) is 1. The minimum atomic E-state index is 0.584. The molecule has 1 unspecified atom stereocenters. The molecule has 0 aromatic carbocycles. The number of rotatable bonds is 12. The van der Waals surface area contributed by atoms with Gasteiger partial charge in [0, 0.05) is 0 Å². The third kappa shape index (κ3) is 8.62. The first-order chi connectivity index (χ1) is 8.29. The first-order valence-electron chi connectivity index (χ1n) is 7.71. The van der Waals surface area contributed by atoms with E-state index < -0.39 is 0 Å². The van der Waals surface area contributed by atoms with E-state index >= 15 is 0 Å². The van der Waals surface area contributed by atoms with Crippen molar-refractivity contribution in [1.29, 1.82) is 0 Å². The van der Waals surface area contributed by atoms with Crippen LogP contribution in [0.5, 0.6) is 0 Å². The Morgan fingerprint density at radius 2 is 1.35 bits per heavy atom.